The lowest BCUT2D eigenvalue weighted by molar-refractivity contribution is 0.288. The van der Waals surface area contributed by atoms with E-state index in [0.29, 0.717) is 18.4 Å². The maximum Gasteiger partial charge on any atom is 0.178 e. The number of thiazole rings is 1. The second kappa shape index (κ2) is 6.21. The van der Waals surface area contributed by atoms with E-state index in [1.165, 1.54) is 23.5 Å². The molecule has 114 valence electrons. The lowest BCUT2D eigenvalue weighted by Crippen LogP contribution is -2.00. The van der Waals surface area contributed by atoms with Crippen molar-refractivity contribution in [2.75, 3.05) is 12.9 Å². The summed E-state index contributed by atoms with van der Waals surface area (Å²) in [4.78, 5) is 4.92. The molecule has 0 spiro atoms. The number of rotatable bonds is 5. The molecule has 0 bridgehead atoms. The number of hydrogen-bond acceptors (Lipinski definition) is 5. The van der Waals surface area contributed by atoms with Crippen molar-refractivity contribution >= 4 is 21.2 Å². The second-order valence-electron chi connectivity index (χ2n) is 4.77. The predicted molar refractivity (Wildman–Crippen MR) is 80.8 cm³/mol. The molecular formula is C14H16FNO3S2. The molecule has 0 unspecified atom stereocenters. The van der Waals surface area contributed by atoms with Crippen LogP contribution in [0.2, 0.25) is 0 Å². The average molecular weight is 329 g/mol. The Morgan fingerprint density at radius 2 is 2.10 bits per heavy atom. The number of aryl methyl sites for hydroxylation is 2. The van der Waals surface area contributed by atoms with Crippen LogP contribution < -0.4 is 0 Å². The van der Waals surface area contributed by atoms with Gasteiger partial charge in [0.2, 0.25) is 0 Å². The van der Waals surface area contributed by atoms with Crippen LogP contribution in [0.15, 0.2) is 23.1 Å². The number of halogens is 1. The van der Waals surface area contributed by atoms with E-state index < -0.39 is 15.7 Å². The van der Waals surface area contributed by atoms with Gasteiger partial charge in [-0.2, -0.15) is 0 Å². The van der Waals surface area contributed by atoms with Crippen molar-refractivity contribution in [2.45, 2.75) is 24.7 Å². The topological polar surface area (TPSA) is 67.3 Å². The number of hydrogen-bond donors (Lipinski definition) is 1. The molecule has 7 heteroatoms. The van der Waals surface area contributed by atoms with Gasteiger partial charge in [0, 0.05) is 19.3 Å². The van der Waals surface area contributed by atoms with Crippen LogP contribution in [0.3, 0.4) is 0 Å². The van der Waals surface area contributed by atoms with Crippen molar-refractivity contribution < 1.29 is 17.9 Å². The quantitative estimate of drug-likeness (QED) is 0.915. The third kappa shape index (κ3) is 3.66. The average Bonchev–Trinajstić information content (AvgIpc) is 2.76. The van der Waals surface area contributed by atoms with Crippen LogP contribution in [0.5, 0.6) is 0 Å². The Hall–Kier alpha value is -1.31. The van der Waals surface area contributed by atoms with Gasteiger partial charge in [0.15, 0.2) is 9.84 Å². The van der Waals surface area contributed by atoms with Gasteiger partial charge in [-0.1, -0.05) is 6.07 Å². The van der Waals surface area contributed by atoms with Crippen molar-refractivity contribution in [1.82, 2.24) is 4.98 Å². The highest BCUT2D eigenvalue weighted by Crippen LogP contribution is 2.32. The largest absolute Gasteiger partial charge is 0.396 e. The van der Waals surface area contributed by atoms with Crippen LogP contribution in [0.25, 0.3) is 10.4 Å². The summed E-state index contributed by atoms with van der Waals surface area (Å²) < 4.78 is 36.8. The number of benzene rings is 1. The molecule has 1 aromatic heterocycles. The maximum absolute atomic E-state index is 13.9. The summed E-state index contributed by atoms with van der Waals surface area (Å²) in [5, 5.41) is 9.71. The maximum atomic E-state index is 13.9. The standard InChI is InChI=1S/C14H16FNO3S2/c1-9-14(20-13(16-9)4-3-7-17)10-5-6-12(11(15)8-10)21(2,18)19/h5-6,8,17H,3-4,7H2,1-2H3. The Balaban J connectivity index is 2.39. The van der Waals surface area contributed by atoms with E-state index in [4.69, 9.17) is 5.11 Å². The molecule has 0 amide bonds. The summed E-state index contributed by atoms with van der Waals surface area (Å²) in [5.74, 6) is -0.750. The molecule has 0 saturated carbocycles. The van der Waals surface area contributed by atoms with Gasteiger partial charge in [-0.05, 0) is 31.0 Å². The second-order valence-corrected chi connectivity index (χ2v) is 7.83. The zero-order valence-electron chi connectivity index (χ0n) is 11.8. The fourth-order valence-electron chi connectivity index (χ4n) is 2.00. The van der Waals surface area contributed by atoms with Gasteiger partial charge in [-0.25, -0.2) is 17.8 Å². The molecule has 0 atom stereocenters. The first-order valence-electron chi connectivity index (χ1n) is 6.40. The van der Waals surface area contributed by atoms with Gasteiger partial charge in [0.1, 0.15) is 10.7 Å². The SMILES string of the molecule is Cc1nc(CCCO)sc1-c1ccc(S(C)(=O)=O)c(F)c1. The Kier molecular flexibility index (Phi) is 4.75. The van der Waals surface area contributed by atoms with Crippen LogP contribution in [0.1, 0.15) is 17.1 Å². The van der Waals surface area contributed by atoms with Gasteiger partial charge in [-0.15, -0.1) is 11.3 Å². The third-order valence-electron chi connectivity index (χ3n) is 2.98. The van der Waals surface area contributed by atoms with Crippen LogP contribution in [0, 0.1) is 12.7 Å². The fraction of sp³-hybridized carbons (Fsp3) is 0.357. The predicted octanol–water partition coefficient (Wildman–Crippen LogP) is 2.59. The first-order chi connectivity index (χ1) is 9.82. The van der Waals surface area contributed by atoms with Crippen molar-refractivity contribution in [3.63, 3.8) is 0 Å². The molecule has 0 fully saturated rings. The van der Waals surface area contributed by atoms with Crippen molar-refractivity contribution in [3.8, 4) is 10.4 Å². The summed E-state index contributed by atoms with van der Waals surface area (Å²) in [6.07, 6.45) is 2.29. The molecule has 1 N–H and O–H groups in total. The van der Waals surface area contributed by atoms with E-state index in [1.54, 1.807) is 6.07 Å². The van der Waals surface area contributed by atoms with Crippen molar-refractivity contribution in [1.29, 1.82) is 0 Å². The zero-order chi connectivity index (χ0) is 15.6. The number of sulfone groups is 1. The smallest absolute Gasteiger partial charge is 0.178 e. The Morgan fingerprint density at radius 3 is 2.67 bits per heavy atom. The van der Waals surface area contributed by atoms with Gasteiger partial charge < -0.3 is 5.11 Å². The van der Waals surface area contributed by atoms with Crippen LogP contribution in [0.4, 0.5) is 4.39 Å². The van der Waals surface area contributed by atoms with Crippen LogP contribution in [-0.4, -0.2) is 31.4 Å². The summed E-state index contributed by atoms with van der Waals surface area (Å²) in [6.45, 7) is 1.93. The highest BCUT2D eigenvalue weighted by atomic mass is 32.2. The molecule has 0 radical (unpaired) electrons. The minimum absolute atomic E-state index is 0.103. The van der Waals surface area contributed by atoms with E-state index in [9.17, 15) is 12.8 Å². The molecular weight excluding hydrogens is 313 g/mol. The summed E-state index contributed by atoms with van der Waals surface area (Å²) in [6, 6.07) is 4.11. The molecule has 0 aliphatic carbocycles. The van der Waals surface area contributed by atoms with Crippen molar-refractivity contribution in [2.24, 2.45) is 0 Å². The first-order valence-corrected chi connectivity index (χ1v) is 9.11. The summed E-state index contributed by atoms with van der Waals surface area (Å²) >= 11 is 1.44. The molecule has 0 aliphatic heterocycles. The number of nitrogens with zero attached hydrogens (tertiary/aromatic N) is 1. The molecule has 21 heavy (non-hydrogen) atoms. The summed E-state index contributed by atoms with van der Waals surface area (Å²) in [5.41, 5.74) is 1.39. The Morgan fingerprint density at radius 1 is 1.38 bits per heavy atom. The lowest BCUT2D eigenvalue weighted by Gasteiger charge is -2.03. The van der Waals surface area contributed by atoms with Crippen LogP contribution >= 0.6 is 11.3 Å². The monoisotopic (exact) mass is 329 g/mol. The minimum Gasteiger partial charge on any atom is -0.396 e. The normalized spacial score (nSPS) is 11.8. The zero-order valence-corrected chi connectivity index (χ0v) is 13.4. The van der Waals surface area contributed by atoms with E-state index >= 15 is 0 Å². The van der Waals surface area contributed by atoms with Gasteiger partial charge in [0.05, 0.1) is 15.6 Å². The number of aliphatic hydroxyl groups is 1. The molecule has 0 saturated heterocycles. The van der Waals surface area contributed by atoms with Gasteiger partial charge in [-0.3, -0.25) is 0 Å². The molecule has 1 heterocycles. The van der Waals surface area contributed by atoms with Gasteiger partial charge in [0.25, 0.3) is 0 Å². The molecule has 2 rings (SSSR count). The molecule has 0 aliphatic rings. The summed E-state index contributed by atoms with van der Waals surface area (Å²) in [7, 11) is -3.56. The highest BCUT2D eigenvalue weighted by Gasteiger charge is 2.16. The Labute approximate surface area is 127 Å². The minimum atomic E-state index is -3.56. The van der Waals surface area contributed by atoms with Crippen molar-refractivity contribution in [3.05, 3.63) is 34.7 Å². The Bertz CT molecular complexity index is 754. The van der Waals surface area contributed by atoms with Gasteiger partial charge >= 0.3 is 0 Å². The number of aliphatic hydroxyl groups excluding tert-OH is 1. The molecule has 4 nitrogen and oxygen atoms in total. The van der Waals surface area contributed by atoms with E-state index in [2.05, 4.69) is 4.98 Å². The third-order valence-corrected chi connectivity index (χ3v) is 5.38. The molecule has 2 aromatic rings. The molecule has 1 aromatic carbocycles. The van der Waals surface area contributed by atoms with E-state index in [1.807, 2.05) is 6.92 Å². The number of aromatic nitrogens is 1. The highest BCUT2D eigenvalue weighted by molar-refractivity contribution is 7.90. The van der Waals surface area contributed by atoms with E-state index in [0.717, 1.165) is 21.8 Å². The fourth-order valence-corrected chi connectivity index (χ4v) is 3.83. The van der Waals surface area contributed by atoms with E-state index in [-0.39, 0.29) is 11.5 Å². The lowest BCUT2D eigenvalue weighted by atomic mass is 10.1. The first kappa shape index (κ1) is 16.1. The van der Waals surface area contributed by atoms with Crippen LogP contribution in [-0.2, 0) is 16.3 Å².